The SMILES string of the molecule is CCc1ccc2c(c1)c(C1=CC(Cl)=CCC1=O)c(C(=O)NS(=O)(=O)C1CC1)n2Cc1ccnc(N)c1. The highest BCUT2D eigenvalue weighted by atomic mass is 35.5. The first-order chi connectivity index (χ1) is 17.2. The number of carbonyl (C=O) groups is 2. The molecule has 2 heterocycles. The molecular formula is C26H25ClN4O4S. The molecule has 8 nitrogen and oxygen atoms in total. The number of aryl methyl sites for hydroxylation is 1. The van der Waals surface area contributed by atoms with Gasteiger partial charge in [-0.1, -0.05) is 30.7 Å². The molecule has 1 saturated carbocycles. The Hall–Kier alpha value is -3.43. The maximum atomic E-state index is 13.7. The molecule has 0 aliphatic heterocycles. The summed E-state index contributed by atoms with van der Waals surface area (Å²) in [5, 5.41) is 0.481. The number of anilines is 1. The third-order valence-corrected chi connectivity index (χ3v) is 8.55. The summed E-state index contributed by atoms with van der Waals surface area (Å²) >= 11 is 6.29. The maximum Gasteiger partial charge on any atom is 0.282 e. The Bertz CT molecular complexity index is 1580. The average molecular weight is 525 g/mol. The lowest BCUT2D eigenvalue weighted by atomic mass is 9.92. The van der Waals surface area contributed by atoms with Crippen LogP contribution in [-0.4, -0.2) is 34.9 Å². The summed E-state index contributed by atoms with van der Waals surface area (Å²) in [6, 6.07) is 9.25. The first kappa shape index (κ1) is 24.3. The summed E-state index contributed by atoms with van der Waals surface area (Å²) in [5.41, 5.74) is 9.10. The minimum Gasteiger partial charge on any atom is -0.384 e. The topological polar surface area (TPSA) is 124 Å². The molecule has 0 saturated heterocycles. The van der Waals surface area contributed by atoms with Gasteiger partial charge >= 0.3 is 0 Å². The number of rotatable bonds is 7. The second-order valence-electron chi connectivity index (χ2n) is 9.05. The van der Waals surface area contributed by atoms with E-state index in [2.05, 4.69) is 9.71 Å². The van der Waals surface area contributed by atoms with Crippen LogP contribution in [0.5, 0.6) is 0 Å². The number of sulfonamides is 1. The normalized spacial score (nSPS) is 16.1. The second kappa shape index (κ2) is 9.22. The highest BCUT2D eigenvalue weighted by Crippen LogP contribution is 2.37. The van der Waals surface area contributed by atoms with Gasteiger partial charge in [0.2, 0.25) is 10.0 Å². The van der Waals surface area contributed by atoms with Crippen LogP contribution in [-0.2, 0) is 27.8 Å². The van der Waals surface area contributed by atoms with Gasteiger partial charge in [0.25, 0.3) is 5.91 Å². The smallest absolute Gasteiger partial charge is 0.282 e. The number of halogens is 1. The zero-order valence-corrected chi connectivity index (χ0v) is 21.2. The van der Waals surface area contributed by atoms with E-state index in [0.29, 0.717) is 40.2 Å². The predicted octanol–water partition coefficient (Wildman–Crippen LogP) is 3.93. The Morgan fingerprint density at radius 1 is 1.22 bits per heavy atom. The van der Waals surface area contributed by atoms with Crippen LogP contribution in [0.25, 0.3) is 16.5 Å². The van der Waals surface area contributed by atoms with E-state index in [9.17, 15) is 18.0 Å². The summed E-state index contributed by atoms with van der Waals surface area (Å²) in [4.78, 5) is 30.8. The third-order valence-electron chi connectivity index (χ3n) is 6.47. The first-order valence-electron chi connectivity index (χ1n) is 11.7. The van der Waals surface area contributed by atoms with Crippen molar-refractivity contribution in [3.05, 3.63) is 76.1 Å². The fraction of sp³-hybridized carbons (Fsp3) is 0.269. The van der Waals surface area contributed by atoms with Crippen LogP contribution in [0.2, 0.25) is 0 Å². The van der Waals surface area contributed by atoms with Gasteiger partial charge in [0, 0.05) is 46.2 Å². The summed E-state index contributed by atoms with van der Waals surface area (Å²) in [5.74, 6) is -0.665. The zero-order chi connectivity index (χ0) is 25.6. The van der Waals surface area contributed by atoms with Gasteiger partial charge in [-0.05, 0) is 60.7 Å². The van der Waals surface area contributed by atoms with Crippen LogP contribution in [0.1, 0.15) is 53.4 Å². The van der Waals surface area contributed by atoms with Gasteiger partial charge in [0.05, 0.1) is 5.25 Å². The molecule has 0 spiro atoms. The van der Waals surface area contributed by atoms with Crippen LogP contribution in [0, 0.1) is 0 Å². The number of pyridine rings is 1. The van der Waals surface area contributed by atoms with Crippen LogP contribution in [0.15, 0.2) is 53.7 Å². The molecule has 1 amide bonds. The largest absolute Gasteiger partial charge is 0.384 e. The Labute approximate surface area is 213 Å². The molecule has 1 aromatic carbocycles. The Morgan fingerprint density at radius 3 is 2.69 bits per heavy atom. The third kappa shape index (κ3) is 4.56. The molecule has 0 atom stereocenters. The summed E-state index contributed by atoms with van der Waals surface area (Å²) < 4.78 is 29.5. The van der Waals surface area contributed by atoms with Crippen LogP contribution in [0.3, 0.4) is 0 Å². The van der Waals surface area contributed by atoms with E-state index in [-0.39, 0.29) is 30.0 Å². The fourth-order valence-corrected chi connectivity index (χ4v) is 5.96. The quantitative estimate of drug-likeness (QED) is 0.482. The molecule has 36 heavy (non-hydrogen) atoms. The number of benzene rings is 1. The number of nitrogens with zero attached hydrogens (tertiary/aromatic N) is 2. The summed E-state index contributed by atoms with van der Waals surface area (Å²) in [6.45, 7) is 2.23. The highest BCUT2D eigenvalue weighted by molar-refractivity contribution is 7.91. The number of nitrogens with two attached hydrogens (primary N) is 1. The molecular weight excluding hydrogens is 500 g/mol. The number of ketones is 1. The van der Waals surface area contributed by atoms with Crippen molar-refractivity contribution in [2.45, 2.75) is 44.4 Å². The monoisotopic (exact) mass is 524 g/mol. The van der Waals surface area contributed by atoms with Gasteiger partial charge in [0.1, 0.15) is 11.5 Å². The molecule has 3 N–H and O–H groups in total. The summed E-state index contributed by atoms with van der Waals surface area (Å²) in [7, 11) is -3.84. The van der Waals surface area contributed by atoms with Crippen LogP contribution in [0.4, 0.5) is 5.82 Å². The van der Waals surface area contributed by atoms with Crippen molar-refractivity contribution in [2.75, 3.05) is 5.73 Å². The van der Waals surface area contributed by atoms with E-state index >= 15 is 0 Å². The molecule has 2 aromatic heterocycles. The number of aromatic nitrogens is 2. The van der Waals surface area contributed by atoms with Crippen molar-refractivity contribution >= 4 is 55.6 Å². The zero-order valence-electron chi connectivity index (χ0n) is 19.6. The summed E-state index contributed by atoms with van der Waals surface area (Å²) in [6.07, 6.45) is 6.58. The predicted molar refractivity (Wildman–Crippen MR) is 140 cm³/mol. The van der Waals surface area contributed by atoms with Gasteiger partial charge in [0.15, 0.2) is 5.78 Å². The van der Waals surface area contributed by atoms with Crippen molar-refractivity contribution in [2.24, 2.45) is 0 Å². The number of allylic oxidation sites excluding steroid dienone is 4. The van der Waals surface area contributed by atoms with E-state index in [4.69, 9.17) is 17.3 Å². The van der Waals surface area contributed by atoms with E-state index in [1.54, 1.807) is 35.0 Å². The molecule has 186 valence electrons. The van der Waals surface area contributed by atoms with E-state index < -0.39 is 21.2 Å². The standard InChI is InChI=1S/C26H25ClN4O4S/c1-2-15-3-7-21-19(11-15)24(20-13-17(27)4-8-22(20)32)25(26(33)30-36(34,35)18-5-6-18)31(21)14-16-9-10-29-23(28)12-16/h3-4,7,9-13,18H,2,5-6,8,14H2,1H3,(H2,28,29)(H,30,33). The Balaban J connectivity index is 1.79. The minimum absolute atomic E-state index is 0.0869. The van der Waals surface area contributed by atoms with E-state index in [0.717, 1.165) is 17.5 Å². The molecule has 2 aliphatic carbocycles. The van der Waals surface area contributed by atoms with Crippen LogP contribution >= 0.6 is 11.6 Å². The average Bonchev–Trinajstić information content (AvgIpc) is 3.65. The second-order valence-corrected chi connectivity index (χ2v) is 11.5. The highest BCUT2D eigenvalue weighted by Gasteiger charge is 2.38. The number of nitrogen functional groups attached to an aromatic ring is 1. The number of hydrogen-bond donors (Lipinski definition) is 2. The van der Waals surface area contributed by atoms with Crippen molar-refractivity contribution in [1.82, 2.24) is 14.3 Å². The number of nitrogens with one attached hydrogen (secondary N) is 1. The molecule has 10 heteroatoms. The lowest BCUT2D eigenvalue weighted by molar-refractivity contribution is -0.113. The van der Waals surface area contributed by atoms with E-state index in [1.807, 2.05) is 25.1 Å². The molecule has 5 rings (SSSR count). The van der Waals surface area contributed by atoms with Gasteiger partial charge in [-0.25, -0.2) is 18.1 Å². The lowest BCUT2D eigenvalue weighted by Gasteiger charge is -2.15. The van der Waals surface area contributed by atoms with E-state index in [1.165, 1.54) is 0 Å². The molecule has 0 bridgehead atoms. The maximum absolute atomic E-state index is 13.7. The van der Waals surface area contributed by atoms with Gasteiger partial charge in [-0.3, -0.25) is 9.59 Å². The minimum atomic E-state index is -3.84. The van der Waals surface area contributed by atoms with Crippen molar-refractivity contribution < 1.29 is 18.0 Å². The Morgan fingerprint density at radius 2 is 2.00 bits per heavy atom. The van der Waals surface area contributed by atoms with Crippen molar-refractivity contribution in [1.29, 1.82) is 0 Å². The fourth-order valence-electron chi connectivity index (χ4n) is 4.50. The number of fused-ring (bicyclic) bond motifs is 1. The number of amides is 1. The Kier molecular flexibility index (Phi) is 6.22. The molecule has 0 radical (unpaired) electrons. The number of Topliss-reactive ketones (excluding diaryl/α,β-unsaturated/α-hetero) is 1. The van der Waals surface area contributed by atoms with Gasteiger partial charge in [-0.15, -0.1) is 0 Å². The molecule has 2 aliphatic rings. The molecule has 3 aromatic rings. The van der Waals surface area contributed by atoms with Crippen LogP contribution < -0.4 is 10.5 Å². The van der Waals surface area contributed by atoms with Crippen molar-refractivity contribution in [3.8, 4) is 0 Å². The first-order valence-corrected chi connectivity index (χ1v) is 13.6. The van der Waals surface area contributed by atoms with Gasteiger partial charge < -0.3 is 10.3 Å². The van der Waals surface area contributed by atoms with Gasteiger partial charge in [-0.2, -0.15) is 0 Å². The molecule has 0 unspecified atom stereocenters. The number of carbonyl (C=O) groups excluding carboxylic acids is 2. The number of hydrogen-bond acceptors (Lipinski definition) is 6. The van der Waals surface area contributed by atoms with Crippen molar-refractivity contribution in [3.63, 3.8) is 0 Å². The lowest BCUT2D eigenvalue weighted by Crippen LogP contribution is -2.35. The molecule has 1 fully saturated rings.